The lowest BCUT2D eigenvalue weighted by Crippen LogP contribution is -2.50. The second kappa shape index (κ2) is 8.75. The largest absolute Gasteiger partial charge is 0.355 e. The van der Waals surface area contributed by atoms with Gasteiger partial charge in [-0.25, -0.2) is 0 Å². The Kier molecular flexibility index (Phi) is 6.67. The van der Waals surface area contributed by atoms with Crippen LogP contribution in [0, 0.1) is 0 Å². The van der Waals surface area contributed by atoms with Crippen LogP contribution < -0.4 is 10.6 Å². The summed E-state index contributed by atoms with van der Waals surface area (Å²) in [5, 5.41) is 8.72. The number of amides is 1. The van der Waals surface area contributed by atoms with Crippen molar-refractivity contribution in [2.24, 2.45) is 4.99 Å². The van der Waals surface area contributed by atoms with Crippen LogP contribution in [0.3, 0.4) is 0 Å². The first-order chi connectivity index (χ1) is 10.7. The van der Waals surface area contributed by atoms with Crippen LogP contribution in [0.2, 0.25) is 0 Å². The van der Waals surface area contributed by atoms with Crippen molar-refractivity contribution in [3.05, 3.63) is 22.4 Å². The minimum atomic E-state index is 0.177. The highest BCUT2D eigenvalue weighted by Crippen LogP contribution is 2.07. The summed E-state index contributed by atoms with van der Waals surface area (Å²) in [6, 6.07) is 4.16. The van der Waals surface area contributed by atoms with Gasteiger partial charge in [-0.3, -0.25) is 14.7 Å². The molecule has 0 spiro atoms. The number of carbonyl (C=O) groups excluding carboxylic acids is 1. The maximum atomic E-state index is 11.3. The number of guanidine groups is 1. The van der Waals surface area contributed by atoms with E-state index in [4.69, 9.17) is 0 Å². The van der Waals surface area contributed by atoms with Crippen molar-refractivity contribution in [1.29, 1.82) is 0 Å². The van der Waals surface area contributed by atoms with Crippen LogP contribution in [0.5, 0.6) is 0 Å². The third kappa shape index (κ3) is 5.31. The second-order valence-electron chi connectivity index (χ2n) is 5.28. The van der Waals surface area contributed by atoms with Crippen LogP contribution in [0.1, 0.15) is 11.8 Å². The van der Waals surface area contributed by atoms with Crippen molar-refractivity contribution in [1.82, 2.24) is 20.4 Å². The molecule has 1 aromatic heterocycles. The number of nitrogens with zero attached hydrogens (tertiary/aromatic N) is 3. The lowest BCUT2D eigenvalue weighted by molar-refractivity contribution is -0.130. The van der Waals surface area contributed by atoms with E-state index in [0.29, 0.717) is 0 Å². The Bertz CT molecular complexity index is 480. The van der Waals surface area contributed by atoms with Gasteiger partial charge in [-0.05, 0) is 11.4 Å². The maximum Gasteiger partial charge on any atom is 0.219 e. The van der Waals surface area contributed by atoms with E-state index in [0.717, 1.165) is 51.8 Å². The van der Waals surface area contributed by atoms with Gasteiger partial charge in [-0.1, -0.05) is 6.07 Å². The summed E-state index contributed by atoms with van der Waals surface area (Å²) in [4.78, 5) is 21.1. The quantitative estimate of drug-likeness (QED) is 0.615. The van der Waals surface area contributed by atoms with Gasteiger partial charge in [0.15, 0.2) is 5.96 Å². The Morgan fingerprint density at radius 2 is 2.09 bits per heavy atom. The third-order valence-corrected chi connectivity index (χ3v) is 4.65. The molecule has 1 fully saturated rings. The van der Waals surface area contributed by atoms with Gasteiger partial charge in [0.05, 0.1) is 6.54 Å². The molecule has 0 radical (unpaired) electrons. The molecular weight excluding hydrogens is 298 g/mol. The zero-order valence-electron chi connectivity index (χ0n) is 13.3. The van der Waals surface area contributed by atoms with Crippen molar-refractivity contribution in [2.75, 3.05) is 46.3 Å². The van der Waals surface area contributed by atoms with Crippen molar-refractivity contribution in [2.45, 2.75) is 13.5 Å². The first-order valence-electron chi connectivity index (χ1n) is 7.64. The van der Waals surface area contributed by atoms with E-state index in [1.807, 2.05) is 4.90 Å². The maximum absolute atomic E-state index is 11.3. The number of hydrogen-bond donors (Lipinski definition) is 2. The van der Waals surface area contributed by atoms with Gasteiger partial charge in [0.2, 0.25) is 5.91 Å². The van der Waals surface area contributed by atoms with Gasteiger partial charge < -0.3 is 15.5 Å². The molecule has 7 heteroatoms. The molecule has 2 rings (SSSR count). The van der Waals surface area contributed by atoms with E-state index in [9.17, 15) is 4.79 Å². The standard InChI is InChI=1S/C15H25N5OS/c1-13(21)20-9-7-19(8-10-20)6-5-17-15(16-2)18-12-14-4-3-11-22-14/h3-4,11H,5-10,12H2,1-2H3,(H2,16,17,18). The first-order valence-corrected chi connectivity index (χ1v) is 8.52. The summed E-state index contributed by atoms with van der Waals surface area (Å²) >= 11 is 1.74. The summed E-state index contributed by atoms with van der Waals surface area (Å²) in [5.41, 5.74) is 0. The molecule has 0 bridgehead atoms. The van der Waals surface area contributed by atoms with Crippen LogP contribution in [-0.4, -0.2) is 68.0 Å². The topological polar surface area (TPSA) is 60.0 Å². The van der Waals surface area contributed by atoms with Gasteiger partial charge in [0.25, 0.3) is 0 Å². The Balaban J connectivity index is 1.62. The molecule has 0 unspecified atom stereocenters. The minimum Gasteiger partial charge on any atom is -0.355 e. The van der Waals surface area contributed by atoms with E-state index in [2.05, 4.69) is 38.0 Å². The molecule has 1 aliphatic rings. The average molecular weight is 323 g/mol. The summed E-state index contributed by atoms with van der Waals surface area (Å²) in [7, 11) is 1.79. The van der Waals surface area contributed by atoms with Crippen molar-refractivity contribution < 1.29 is 4.79 Å². The molecular formula is C15H25N5OS. The first kappa shape index (κ1) is 16.8. The fraction of sp³-hybridized carbons (Fsp3) is 0.600. The summed E-state index contributed by atoms with van der Waals surface area (Å²) in [6.07, 6.45) is 0. The lowest BCUT2D eigenvalue weighted by Gasteiger charge is -2.34. The number of carbonyl (C=O) groups is 1. The molecule has 22 heavy (non-hydrogen) atoms. The zero-order valence-corrected chi connectivity index (χ0v) is 14.2. The number of nitrogens with one attached hydrogen (secondary N) is 2. The molecule has 0 atom stereocenters. The highest BCUT2D eigenvalue weighted by atomic mass is 32.1. The minimum absolute atomic E-state index is 0.177. The van der Waals surface area contributed by atoms with Gasteiger partial charge in [-0.2, -0.15) is 0 Å². The van der Waals surface area contributed by atoms with E-state index >= 15 is 0 Å². The fourth-order valence-corrected chi connectivity index (χ4v) is 3.07. The fourth-order valence-electron chi connectivity index (χ4n) is 2.42. The number of rotatable bonds is 5. The molecule has 0 aromatic carbocycles. The number of piperazine rings is 1. The molecule has 1 saturated heterocycles. The summed E-state index contributed by atoms with van der Waals surface area (Å²) in [6.45, 7) is 7.82. The van der Waals surface area contributed by atoms with Crippen LogP contribution >= 0.6 is 11.3 Å². The van der Waals surface area contributed by atoms with Gasteiger partial charge in [0, 0.05) is 58.1 Å². The van der Waals surface area contributed by atoms with Gasteiger partial charge >= 0.3 is 0 Å². The Morgan fingerprint density at radius 1 is 1.32 bits per heavy atom. The zero-order chi connectivity index (χ0) is 15.8. The van der Waals surface area contributed by atoms with Crippen LogP contribution in [0.4, 0.5) is 0 Å². The van der Waals surface area contributed by atoms with Crippen LogP contribution in [-0.2, 0) is 11.3 Å². The van der Waals surface area contributed by atoms with Crippen LogP contribution in [0.25, 0.3) is 0 Å². The number of aliphatic imine (C=N–C) groups is 1. The number of thiophene rings is 1. The molecule has 0 saturated carbocycles. The Morgan fingerprint density at radius 3 is 2.68 bits per heavy atom. The molecule has 122 valence electrons. The van der Waals surface area contributed by atoms with Gasteiger partial charge in [0.1, 0.15) is 0 Å². The molecule has 0 aliphatic carbocycles. The summed E-state index contributed by atoms with van der Waals surface area (Å²) in [5.74, 6) is 1.01. The van der Waals surface area contributed by atoms with E-state index in [1.54, 1.807) is 25.3 Å². The molecule has 1 aliphatic heterocycles. The van der Waals surface area contributed by atoms with Gasteiger partial charge in [-0.15, -0.1) is 11.3 Å². The molecule has 6 nitrogen and oxygen atoms in total. The Labute approximate surface area is 136 Å². The molecule has 2 N–H and O–H groups in total. The number of hydrogen-bond acceptors (Lipinski definition) is 4. The van der Waals surface area contributed by atoms with E-state index < -0.39 is 0 Å². The van der Waals surface area contributed by atoms with E-state index in [-0.39, 0.29) is 5.91 Å². The molecule has 2 heterocycles. The van der Waals surface area contributed by atoms with E-state index in [1.165, 1.54) is 4.88 Å². The average Bonchev–Trinajstić information content (AvgIpc) is 3.04. The van der Waals surface area contributed by atoms with Crippen molar-refractivity contribution >= 4 is 23.2 Å². The third-order valence-electron chi connectivity index (χ3n) is 3.77. The summed E-state index contributed by atoms with van der Waals surface area (Å²) < 4.78 is 0. The molecule has 1 aromatic rings. The predicted octanol–water partition coefficient (Wildman–Crippen LogP) is 0.577. The molecule has 1 amide bonds. The lowest BCUT2D eigenvalue weighted by atomic mass is 10.3. The Hall–Kier alpha value is -1.60. The van der Waals surface area contributed by atoms with Crippen molar-refractivity contribution in [3.63, 3.8) is 0 Å². The van der Waals surface area contributed by atoms with Crippen LogP contribution in [0.15, 0.2) is 22.5 Å². The van der Waals surface area contributed by atoms with Crippen molar-refractivity contribution in [3.8, 4) is 0 Å². The second-order valence-corrected chi connectivity index (χ2v) is 6.31. The predicted molar refractivity (Wildman–Crippen MR) is 91.2 cm³/mol. The SMILES string of the molecule is CN=C(NCCN1CCN(C(C)=O)CC1)NCc1cccs1. The monoisotopic (exact) mass is 323 g/mol. The highest BCUT2D eigenvalue weighted by molar-refractivity contribution is 7.09. The normalized spacial score (nSPS) is 16.6. The smallest absolute Gasteiger partial charge is 0.219 e. The highest BCUT2D eigenvalue weighted by Gasteiger charge is 2.17.